The smallest absolute Gasteiger partial charge is 0.341 e. The van der Waals surface area contributed by atoms with Crippen molar-refractivity contribution in [2.75, 3.05) is 13.7 Å². The van der Waals surface area contributed by atoms with Gasteiger partial charge in [-0.3, -0.25) is 0 Å². The highest BCUT2D eigenvalue weighted by atomic mass is 35.5. The number of carbonyl (C=O) groups is 1. The van der Waals surface area contributed by atoms with Crippen LogP contribution in [0.5, 0.6) is 11.5 Å². The van der Waals surface area contributed by atoms with Crippen LogP contribution < -0.4 is 9.47 Å². The zero-order valence-corrected chi connectivity index (χ0v) is 12.8. The maximum atomic E-state index is 10.6. The molecule has 1 heterocycles. The molecule has 1 N–H and O–H groups in total. The molecule has 3 aromatic rings. The first-order valence-electron chi connectivity index (χ1n) is 6.67. The van der Waals surface area contributed by atoms with Crippen molar-refractivity contribution < 1.29 is 23.9 Å². The van der Waals surface area contributed by atoms with Crippen LogP contribution in [0.25, 0.3) is 22.2 Å². The van der Waals surface area contributed by atoms with Crippen molar-refractivity contribution in [2.24, 2.45) is 0 Å². The largest absolute Gasteiger partial charge is 0.497 e. The molecular weight excluding hydrogens is 322 g/mol. The molecule has 0 radical (unpaired) electrons. The molecule has 0 saturated heterocycles. The van der Waals surface area contributed by atoms with Gasteiger partial charge in [0.15, 0.2) is 12.2 Å². The fourth-order valence-corrected chi connectivity index (χ4v) is 2.42. The number of rotatable bonds is 5. The van der Waals surface area contributed by atoms with Gasteiger partial charge in [-0.1, -0.05) is 16.8 Å². The molecule has 0 atom stereocenters. The molecule has 2 aromatic carbocycles. The minimum atomic E-state index is -1.09. The Hall–Kier alpha value is -2.73. The molecule has 0 aliphatic carbocycles. The highest BCUT2D eigenvalue weighted by molar-refractivity contribution is 6.36. The average molecular weight is 334 g/mol. The quantitative estimate of drug-likeness (QED) is 0.768. The Kier molecular flexibility index (Phi) is 4.08. The van der Waals surface area contributed by atoms with Gasteiger partial charge < -0.3 is 19.1 Å². The molecule has 0 aliphatic rings. The summed E-state index contributed by atoms with van der Waals surface area (Å²) in [5.41, 5.74) is 1.83. The summed E-state index contributed by atoms with van der Waals surface area (Å²) in [6.07, 6.45) is 0. The normalized spacial score (nSPS) is 10.7. The summed E-state index contributed by atoms with van der Waals surface area (Å²) >= 11 is 6.20. The van der Waals surface area contributed by atoms with E-state index >= 15 is 0 Å². The minimum absolute atomic E-state index is 0.191. The fraction of sp³-hybridized carbons (Fsp3) is 0.125. The van der Waals surface area contributed by atoms with E-state index in [0.29, 0.717) is 16.7 Å². The zero-order chi connectivity index (χ0) is 16.4. The van der Waals surface area contributed by atoms with Crippen LogP contribution in [0.15, 0.2) is 40.9 Å². The summed E-state index contributed by atoms with van der Waals surface area (Å²) < 4.78 is 15.5. The maximum absolute atomic E-state index is 10.6. The molecular formula is C16H12ClNO5. The van der Waals surface area contributed by atoms with Gasteiger partial charge in [0.25, 0.3) is 0 Å². The second-order valence-electron chi connectivity index (χ2n) is 4.70. The Morgan fingerprint density at radius 3 is 2.65 bits per heavy atom. The standard InChI is InChI=1S/C16H12ClNO5/c1-21-10-4-2-9(3-5-10)15-11-6-7-12(22-8-13(19)20)14(17)16(11)23-18-15/h2-7H,8H2,1H3,(H,19,20). The van der Waals surface area contributed by atoms with Crippen molar-refractivity contribution in [2.45, 2.75) is 0 Å². The molecule has 0 aliphatic heterocycles. The molecule has 118 valence electrons. The van der Waals surface area contributed by atoms with E-state index in [2.05, 4.69) is 5.16 Å². The number of methoxy groups -OCH3 is 1. The zero-order valence-electron chi connectivity index (χ0n) is 12.1. The number of nitrogens with zero attached hydrogens (tertiary/aromatic N) is 1. The number of hydrogen-bond acceptors (Lipinski definition) is 5. The second-order valence-corrected chi connectivity index (χ2v) is 5.07. The van der Waals surface area contributed by atoms with E-state index in [4.69, 9.17) is 30.7 Å². The molecule has 6 nitrogen and oxygen atoms in total. The number of fused-ring (bicyclic) bond motifs is 1. The first kappa shape index (κ1) is 15.2. The molecule has 0 unspecified atom stereocenters. The third kappa shape index (κ3) is 2.93. The average Bonchev–Trinajstić information content (AvgIpc) is 2.99. The van der Waals surface area contributed by atoms with Gasteiger partial charge in [-0.15, -0.1) is 0 Å². The second kappa shape index (κ2) is 6.18. The Bertz CT molecular complexity index is 857. The summed E-state index contributed by atoms with van der Waals surface area (Å²) in [7, 11) is 1.60. The highest BCUT2D eigenvalue weighted by Crippen LogP contribution is 2.37. The predicted molar refractivity (Wildman–Crippen MR) is 84.1 cm³/mol. The summed E-state index contributed by atoms with van der Waals surface area (Å²) in [5.74, 6) is -0.111. The van der Waals surface area contributed by atoms with Gasteiger partial charge in [-0.05, 0) is 36.4 Å². The van der Waals surface area contributed by atoms with Crippen molar-refractivity contribution in [3.05, 3.63) is 41.4 Å². The molecule has 7 heteroatoms. The van der Waals surface area contributed by atoms with E-state index in [1.807, 2.05) is 24.3 Å². The van der Waals surface area contributed by atoms with Crippen LogP contribution in [0, 0.1) is 0 Å². The number of carboxylic acid groups (broad SMARTS) is 1. The maximum Gasteiger partial charge on any atom is 0.341 e. The SMILES string of the molecule is COc1ccc(-c2noc3c(Cl)c(OCC(=O)O)ccc23)cc1. The van der Waals surface area contributed by atoms with E-state index in [-0.39, 0.29) is 10.8 Å². The molecule has 1 aromatic heterocycles. The Morgan fingerprint density at radius 1 is 1.26 bits per heavy atom. The van der Waals surface area contributed by atoms with Gasteiger partial charge in [-0.2, -0.15) is 0 Å². The fourth-order valence-electron chi connectivity index (χ4n) is 2.16. The Morgan fingerprint density at radius 2 is 2.00 bits per heavy atom. The van der Waals surface area contributed by atoms with Crippen LogP contribution in [-0.2, 0) is 4.79 Å². The summed E-state index contributed by atoms with van der Waals surface area (Å²) in [6.45, 7) is -0.481. The van der Waals surface area contributed by atoms with Crippen molar-refractivity contribution in [3.8, 4) is 22.8 Å². The number of ether oxygens (including phenoxy) is 2. The number of benzene rings is 2. The first-order valence-corrected chi connectivity index (χ1v) is 7.05. The number of carboxylic acids is 1. The molecule has 0 fully saturated rings. The number of aromatic nitrogens is 1. The summed E-state index contributed by atoms with van der Waals surface area (Å²) in [6, 6.07) is 10.7. The van der Waals surface area contributed by atoms with Gasteiger partial charge in [-0.25, -0.2) is 4.79 Å². The molecule has 0 spiro atoms. The van der Waals surface area contributed by atoms with Gasteiger partial charge in [0.1, 0.15) is 22.2 Å². The molecule has 0 amide bonds. The Labute approximate surface area is 136 Å². The van der Waals surface area contributed by atoms with E-state index < -0.39 is 12.6 Å². The third-order valence-electron chi connectivity index (χ3n) is 3.26. The Balaban J connectivity index is 2.00. The molecule has 0 saturated carbocycles. The van der Waals surface area contributed by atoms with Crippen molar-refractivity contribution in [3.63, 3.8) is 0 Å². The van der Waals surface area contributed by atoms with Crippen LogP contribution in [0.1, 0.15) is 0 Å². The third-order valence-corrected chi connectivity index (χ3v) is 3.62. The van der Waals surface area contributed by atoms with E-state index in [9.17, 15) is 4.79 Å². The number of aliphatic carboxylic acids is 1. The van der Waals surface area contributed by atoms with Crippen LogP contribution >= 0.6 is 11.6 Å². The monoisotopic (exact) mass is 333 g/mol. The van der Waals surface area contributed by atoms with E-state index in [0.717, 1.165) is 11.3 Å². The summed E-state index contributed by atoms with van der Waals surface area (Å²) in [4.78, 5) is 10.6. The lowest BCUT2D eigenvalue weighted by molar-refractivity contribution is -0.139. The van der Waals surface area contributed by atoms with Gasteiger partial charge in [0, 0.05) is 5.56 Å². The lowest BCUT2D eigenvalue weighted by Crippen LogP contribution is -2.09. The molecule has 0 bridgehead atoms. The van der Waals surface area contributed by atoms with Gasteiger partial charge in [0.2, 0.25) is 0 Å². The lowest BCUT2D eigenvalue weighted by atomic mass is 10.1. The van der Waals surface area contributed by atoms with Crippen LogP contribution in [-0.4, -0.2) is 29.9 Å². The van der Waals surface area contributed by atoms with Crippen LogP contribution in [0.2, 0.25) is 5.02 Å². The highest BCUT2D eigenvalue weighted by Gasteiger charge is 2.17. The predicted octanol–water partition coefficient (Wildman–Crippen LogP) is 3.62. The van der Waals surface area contributed by atoms with E-state index in [1.54, 1.807) is 19.2 Å². The first-order chi connectivity index (χ1) is 11.1. The minimum Gasteiger partial charge on any atom is -0.497 e. The summed E-state index contributed by atoms with van der Waals surface area (Å²) in [5, 5.41) is 13.6. The number of halogens is 1. The van der Waals surface area contributed by atoms with Crippen molar-refractivity contribution in [1.29, 1.82) is 0 Å². The van der Waals surface area contributed by atoms with E-state index in [1.165, 1.54) is 0 Å². The van der Waals surface area contributed by atoms with Gasteiger partial charge >= 0.3 is 5.97 Å². The van der Waals surface area contributed by atoms with Crippen molar-refractivity contribution in [1.82, 2.24) is 5.16 Å². The number of hydrogen-bond donors (Lipinski definition) is 1. The topological polar surface area (TPSA) is 81.8 Å². The van der Waals surface area contributed by atoms with Crippen LogP contribution in [0.3, 0.4) is 0 Å². The van der Waals surface area contributed by atoms with Crippen LogP contribution in [0.4, 0.5) is 0 Å². The van der Waals surface area contributed by atoms with Gasteiger partial charge in [0.05, 0.1) is 12.5 Å². The molecule has 23 heavy (non-hydrogen) atoms. The van der Waals surface area contributed by atoms with Crippen molar-refractivity contribution >= 4 is 28.5 Å². The lowest BCUT2D eigenvalue weighted by Gasteiger charge is -2.05. The molecule has 3 rings (SSSR count).